The molecule has 0 aliphatic carbocycles. The lowest BCUT2D eigenvalue weighted by Gasteiger charge is -2.35. The van der Waals surface area contributed by atoms with Crippen LogP contribution in [0.15, 0.2) is 42.5 Å². The van der Waals surface area contributed by atoms with Crippen molar-refractivity contribution >= 4 is 11.9 Å². The molecule has 0 saturated heterocycles. The Morgan fingerprint density at radius 1 is 1.16 bits per heavy atom. The fourth-order valence-electron chi connectivity index (χ4n) is 1.64. The lowest BCUT2D eigenvalue weighted by atomic mass is 10.0. The number of hydrogen-bond acceptors (Lipinski definition) is 2. The van der Waals surface area contributed by atoms with Gasteiger partial charge in [-0.3, -0.25) is 4.79 Å². The van der Waals surface area contributed by atoms with Gasteiger partial charge in [-0.15, -0.1) is 0 Å². The molecule has 0 bridgehead atoms. The minimum Gasteiger partial charge on any atom is -0.478 e. The average Bonchev–Trinajstić information content (AvgIpc) is 2.33. The maximum Gasteiger partial charge on any atom is 0.328 e. The van der Waals surface area contributed by atoms with Crippen LogP contribution in [0.5, 0.6) is 0 Å². The number of rotatable bonds is 4. The molecule has 0 spiro atoms. The van der Waals surface area contributed by atoms with Gasteiger partial charge < -0.3 is 10.0 Å². The Morgan fingerprint density at radius 3 is 2.21 bits per heavy atom. The Balaban J connectivity index is 2.90. The van der Waals surface area contributed by atoms with E-state index in [0.717, 1.165) is 17.7 Å². The minimum atomic E-state index is -1.12. The Morgan fingerprint density at radius 2 is 1.74 bits per heavy atom. The molecule has 0 radical (unpaired) electrons. The van der Waals surface area contributed by atoms with Crippen LogP contribution in [0, 0.1) is 0 Å². The molecule has 0 atom stereocenters. The second-order valence-electron chi connectivity index (χ2n) is 5.25. The van der Waals surface area contributed by atoms with E-state index in [9.17, 15) is 9.59 Å². The zero-order chi connectivity index (χ0) is 14.5. The molecule has 0 aliphatic rings. The second kappa shape index (κ2) is 6.18. The van der Waals surface area contributed by atoms with Crippen molar-refractivity contribution in [2.45, 2.75) is 32.9 Å². The Labute approximate surface area is 113 Å². The first kappa shape index (κ1) is 15.0. The lowest BCUT2D eigenvalue weighted by Crippen LogP contribution is -2.44. The Hall–Kier alpha value is -2.10. The van der Waals surface area contributed by atoms with Gasteiger partial charge in [0, 0.05) is 24.2 Å². The van der Waals surface area contributed by atoms with Gasteiger partial charge in [0.1, 0.15) is 0 Å². The molecule has 102 valence electrons. The molecule has 0 aromatic heterocycles. The summed E-state index contributed by atoms with van der Waals surface area (Å²) in [6.45, 7) is 6.21. The van der Waals surface area contributed by atoms with E-state index in [4.69, 9.17) is 5.11 Å². The van der Waals surface area contributed by atoms with Crippen molar-refractivity contribution in [1.29, 1.82) is 0 Å². The molecule has 4 nitrogen and oxygen atoms in total. The van der Waals surface area contributed by atoms with Crippen LogP contribution in [0.2, 0.25) is 0 Å². The number of benzene rings is 1. The molecule has 1 aromatic rings. The monoisotopic (exact) mass is 261 g/mol. The average molecular weight is 261 g/mol. The molecule has 0 saturated carbocycles. The van der Waals surface area contributed by atoms with Gasteiger partial charge in [0.25, 0.3) is 0 Å². The summed E-state index contributed by atoms with van der Waals surface area (Å²) < 4.78 is 0. The third kappa shape index (κ3) is 4.95. The topological polar surface area (TPSA) is 57.6 Å². The number of carbonyl (C=O) groups excluding carboxylic acids is 1. The van der Waals surface area contributed by atoms with Crippen LogP contribution in [0.4, 0.5) is 0 Å². The van der Waals surface area contributed by atoms with Gasteiger partial charge in [0.2, 0.25) is 5.91 Å². The van der Waals surface area contributed by atoms with Crippen LogP contribution < -0.4 is 0 Å². The summed E-state index contributed by atoms with van der Waals surface area (Å²) in [5.74, 6) is -1.43. The van der Waals surface area contributed by atoms with E-state index >= 15 is 0 Å². The number of nitrogens with zero attached hydrogens (tertiary/aromatic N) is 1. The van der Waals surface area contributed by atoms with Crippen molar-refractivity contribution in [1.82, 2.24) is 4.90 Å². The molecule has 1 aromatic carbocycles. The van der Waals surface area contributed by atoms with Gasteiger partial charge in [0.05, 0.1) is 0 Å². The number of carboxylic acids is 1. The van der Waals surface area contributed by atoms with Crippen LogP contribution >= 0.6 is 0 Å². The molecule has 19 heavy (non-hydrogen) atoms. The smallest absolute Gasteiger partial charge is 0.328 e. The SMILES string of the molecule is CC(C)(C)N(Cc1ccccc1)C(=O)C=CC(=O)O. The van der Waals surface area contributed by atoms with Crippen molar-refractivity contribution in [2.24, 2.45) is 0 Å². The fourth-order valence-corrected chi connectivity index (χ4v) is 1.64. The highest BCUT2D eigenvalue weighted by Crippen LogP contribution is 2.18. The molecule has 1 amide bonds. The number of carboxylic acid groups (broad SMARTS) is 1. The standard InChI is InChI=1S/C15H19NO3/c1-15(2,3)16(13(17)9-10-14(18)19)11-12-7-5-4-6-8-12/h4-10H,11H2,1-3H3,(H,18,19). The Bertz CT molecular complexity index is 472. The molecule has 0 heterocycles. The predicted molar refractivity (Wildman–Crippen MR) is 73.5 cm³/mol. The van der Waals surface area contributed by atoms with Gasteiger partial charge in [-0.05, 0) is 26.3 Å². The normalized spacial score (nSPS) is 11.5. The van der Waals surface area contributed by atoms with Crippen molar-refractivity contribution in [2.75, 3.05) is 0 Å². The third-order valence-corrected chi connectivity index (χ3v) is 2.63. The summed E-state index contributed by atoms with van der Waals surface area (Å²) in [4.78, 5) is 24.2. The molecule has 1 rings (SSSR count). The van der Waals surface area contributed by atoms with E-state index < -0.39 is 5.97 Å². The molecular weight excluding hydrogens is 242 g/mol. The van der Waals surface area contributed by atoms with Crippen molar-refractivity contribution in [3.8, 4) is 0 Å². The molecule has 0 unspecified atom stereocenters. The van der Waals surface area contributed by atoms with E-state index in [1.165, 1.54) is 0 Å². The van der Waals surface area contributed by atoms with Gasteiger partial charge in [0.15, 0.2) is 0 Å². The van der Waals surface area contributed by atoms with Crippen LogP contribution in [-0.2, 0) is 16.1 Å². The van der Waals surface area contributed by atoms with Crippen LogP contribution in [0.1, 0.15) is 26.3 Å². The highest BCUT2D eigenvalue weighted by Gasteiger charge is 2.24. The van der Waals surface area contributed by atoms with E-state index in [-0.39, 0.29) is 11.4 Å². The minimum absolute atomic E-state index is 0.307. The van der Waals surface area contributed by atoms with Crippen molar-refractivity contribution in [3.63, 3.8) is 0 Å². The van der Waals surface area contributed by atoms with E-state index in [1.54, 1.807) is 4.90 Å². The van der Waals surface area contributed by atoms with Crippen LogP contribution in [0.3, 0.4) is 0 Å². The van der Waals surface area contributed by atoms with Gasteiger partial charge in [-0.1, -0.05) is 30.3 Å². The summed E-state index contributed by atoms with van der Waals surface area (Å²) in [7, 11) is 0. The van der Waals surface area contributed by atoms with E-state index in [2.05, 4.69) is 0 Å². The van der Waals surface area contributed by atoms with Crippen molar-refractivity contribution < 1.29 is 14.7 Å². The highest BCUT2D eigenvalue weighted by atomic mass is 16.4. The first-order valence-corrected chi connectivity index (χ1v) is 6.07. The lowest BCUT2D eigenvalue weighted by molar-refractivity contribution is -0.134. The number of carbonyl (C=O) groups is 2. The second-order valence-corrected chi connectivity index (χ2v) is 5.25. The molecule has 4 heteroatoms. The van der Waals surface area contributed by atoms with Crippen molar-refractivity contribution in [3.05, 3.63) is 48.0 Å². The first-order chi connectivity index (χ1) is 8.80. The van der Waals surface area contributed by atoms with Crippen LogP contribution in [-0.4, -0.2) is 27.4 Å². The summed E-state index contributed by atoms with van der Waals surface area (Å²) in [5, 5.41) is 8.58. The van der Waals surface area contributed by atoms with Gasteiger partial charge in [-0.25, -0.2) is 4.79 Å². The summed E-state index contributed by atoms with van der Waals surface area (Å²) >= 11 is 0. The van der Waals surface area contributed by atoms with E-state index in [0.29, 0.717) is 6.54 Å². The summed E-state index contributed by atoms with van der Waals surface area (Å²) in [6.07, 6.45) is 1.96. The fraction of sp³-hybridized carbons (Fsp3) is 0.333. The van der Waals surface area contributed by atoms with Gasteiger partial charge in [-0.2, -0.15) is 0 Å². The quantitative estimate of drug-likeness (QED) is 0.847. The predicted octanol–water partition coefficient (Wildman–Crippen LogP) is 2.45. The first-order valence-electron chi connectivity index (χ1n) is 6.07. The highest BCUT2D eigenvalue weighted by molar-refractivity contribution is 5.94. The van der Waals surface area contributed by atoms with Crippen LogP contribution in [0.25, 0.3) is 0 Å². The summed E-state index contributed by atoms with van der Waals surface area (Å²) in [6, 6.07) is 9.61. The zero-order valence-electron chi connectivity index (χ0n) is 11.5. The molecule has 1 N–H and O–H groups in total. The maximum atomic E-state index is 12.1. The number of amides is 1. The zero-order valence-corrected chi connectivity index (χ0v) is 11.5. The molecule has 0 fully saturated rings. The third-order valence-electron chi connectivity index (χ3n) is 2.63. The number of aliphatic carboxylic acids is 1. The largest absolute Gasteiger partial charge is 0.478 e. The van der Waals surface area contributed by atoms with E-state index in [1.807, 2.05) is 51.1 Å². The molecule has 0 aliphatic heterocycles. The number of hydrogen-bond donors (Lipinski definition) is 1. The summed E-state index contributed by atoms with van der Waals surface area (Å²) in [5.41, 5.74) is 0.630. The van der Waals surface area contributed by atoms with Gasteiger partial charge >= 0.3 is 5.97 Å². The molecular formula is C15H19NO3. The Kier molecular flexibility index (Phi) is 4.87. The maximum absolute atomic E-state index is 12.1.